The molecular formula is C17H20N4O4. The summed E-state index contributed by atoms with van der Waals surface area (Å²) >= 11 is 0. The Morgan fingerprint density at radius 1 is 1.08 bits per heavy atom. The van der Waals surface area contributed by atoms with Crippen molar-refractivity contribution in [2.75, 3.05) is 13.1 Å². The summed E-state index contributed by atoms with van der Waals surface area (Å²) in [6.07, 6.45) is 2.59. The summed E-state index contributed by atoms with van der Waals surface area (Å²) in [6, 6.07) is 7.97. The average molecular weight is 344 g/mol. The summed E-state index contributed by atoms with van der Waals surface area (Å²) in [5, 5.41) is 2.61. The smallest absolute Gasteiger partial charge is 0.253 e. The molecule has 0 bridgehead atoms. The predicted octanol–water partition coefficient (Wildman–Crippen LogP) is -1.30. The van der Waals surface area contributed by atoms with Crippen LogP contribution in [0.5, 0.6) is 0 Å². The zero-order valence-corrected chi connectivity index (χ0v) is 13.6. The predicted molar refractivity (Wildman–Crippen MR) is 89.7 cm³/mol. The lowest BCUT2D eigenvalue weighted by atomic mass is 9.91. The van der Waals surface area contributed by atoms with Crippen LogP contribution >= 0.6 is 0 Å². The van der Waals surface area contributed by atoms with Crippen molar-refractivity contribution in [3.05, 3.63) is 48.0 Å². The van der Waals surface area contributed by atoms with Crippen LogP contribution in [0.4, 0.5) is 0 Å². The Morgan fingerprint density at radius 2 is 1.68 bits per heavy atom. The van der Waals surface area contributed by atoms with Crippen LogP contribution in [-0.4, -0.2) is 47.7 Å². The topological polar surface area (TPSA) is 136 Å². The summed E-state index contributed by atoms with van der Waals surface area (Å²) in [5.74, 6) is -2.92. The molecule has 5 N–H and O–H groups in total. The SMILES string of the molecule is NC(=O)C(N)[C@H](Cc1ccccc1)C(=O)NCCN1C(=O)C=CC1=O. The number of amides is 4. The molecule has 132 valence electrons. The van der Waals surface area contributed by atoms with Gasteiger partial charge in [0, 0.05) is 25.2 Å². The Hall–Kier alpha value is -3.00. The maximum Gasteiger partial charge on any atom is 0.253 e. The minimum absolute atomic E-state index is 0.0419. The molecule has 0 spiro atoms. The standard InChI is InChI=1S/C17H20N4O4/c18-15(16(19)24)12(10-11-4-2-1-3-5-11)17(25)20-8-9-21-13(22)6-7-14(21)23/h1-7,12,15H,8-10,18H2,(H2,19,24)(H,20,25)/t12-,15?/m0/s1. The van der Waals surface area contributed by atoms with Crippen LogP contribution in [0, 0.1) is 5.92 Å². The van der Waals surface area contributed by atoms with Gasteiger partial charge in [-0.2, -0.15) is 0 Å². The molecule has 8 nitrogen and oxygen atoms in total. The molecule has 1 aromatic rings. The Bertz CT molecular complexity index is 684. The lowest BCUT2D eigenvalue weighted by Gasteiger charge is -2.22. The first-order valence-corrected chi connectivity index (χ1v) is 7.80. The van der Waals surface area contributed by atoms with E-state index in [1.807, 2.05) is 30.3 Å². The summed E-state index contributed by atoms with van der Waals surface area (Å²) in [6.45, 7) is 0.106. The summed E-state index contributed by atoms with van der Waals surface area (Å²) < 4.78 is 0. The van der Waals surface area contributed by atoms with Crippen LogP contribution in [-0.2, 0) is 25.6 Å². The van der Waals surface area contributed by atoms with E-state index in [4.69, 9.17) is 11.5 Å². The number of carbonyl (C=O) groups is 4. The number of nitrogens with two attached hydrogens (primary N) is 2. The second-order valence-electron chi connectivity index (χ2n) is 5.68. The summed E-state index contributed by atoms with van der Waals surface area (Å²) in [5.41, 5.74) is 11.9. The molecule has 8 heteroatoms. The number of benzene rings is 1. The molecule has 1 aliphatic heterocycles. The molecular weight excluding hydrogens is 324 g/mol. The highest BCUT2D eigenvalue weighted by Gasteiger charge is 2.30. The third kappa shape index (κ3) is 4.74. The lowest BCUT2D eigenvalue weighted by molar-refractivity contribution is -0.137. The van der Waals surface area contributed by atoms with Crippen LogP contribution in [0.2, 0.25) is 0 Å². The Labute approximate surface area is 144 Å². The van der Waals surface area contributed by atoms with Crippen LogP contribution in [0.1, 0.15) is 5.56 Å². The van der Waals surface area contributed by atoms with Gasteiger partial charge in [0.1, 0.15) is 0 Å². The number of hydrogen-bond donors (Lipinski definition) is 3. The molecule has 25 heavy (non-hydrogen) atoms. The quantitative estimate of drug-likeness (QED) is 0.504. The maximum atomic E-state index is 12.4. The van der Waals surface area contributed by atoms with Gasteiger partial charge >= 0.3 is 0 Å². The van der Waals surface area contributed by atoms with Crippen molar-refractivity contribution in [2.45, 2.75) is 12.5 Å². The molecule has 0 saturated heterocycles. The van der Waals surface area contributed by atoms with Gasteiger partial charge in [0.15, 0.2) is 0 Å². The summed E-state index contributed by atoms with van der Waals surface area (Å²) in [7, 11) is 0. The van der Waals surface area contributed by atoms with E-state index in [0.29, 0.717) is 0 Å². The third-order valence-electron chi connectivity index (χ3n) is 3.93. The van der Waals surface area contributed by atoms with Crippen LogP contribution in [0.3, 0.4) is 0 Å². The van der Waals surface area contributed by atoms with E-state index in [2.05, 4.69) is 5.32 Å². The molecule has 0 aliphatic carbocycles. The van der Waals surface area contributed by atoms with Gasteiger partial charge in [0.2, 0.25) is 11.8 Å². The Balaban J connectivity index is 1.96. The van der Waals surface area contributed by atoms with E-state index in [9.17, 15) is 19.2 Å². The number of nitrogens with zero attached hydrogens (tertiary/aromatic N) is 1. The number of hydrogen-bond acceptors (Lipinski definition) is 5. The average Bonchev–Trinajstić information content (AvgIpc) is 2.91. The second kappa shape index (κ2) is 8.20. The molecule has 1 aliphatic rings. The molecule has 0 saturated carbocycles. The largest absolute Gasteiger partial charge is 0.368 e. The van der Waals surface area contributed by atoms with Gasteiger partial charge in [-0.3, -0.25) is 24.1 Å². The third-order valence-corrected chi connectivity index (χ3v) is 3.93. The van der Waals surface area contributed by atoms with Gasteiger partial charge in [-0.05, 0) is 12.0 Å². The van der Waals surface area contributed by atoms with Crippen LogP contribution in [0.15, 0.2) is 42.5 Å². The first kappa shape index (κ1) is 18.3. The number of primary amides is 1. The molecule has 2 rings (SSSR count). The molecule has 0 fully saturated rings. The molecule has 0 radical (unpaired) electrons. The van der Waals surface area contributed by atoms with E-state index in [-0.39, 0.29) is 19.5 Å². The molecule has 2 atom stereocenters. The summed E-state index contributed by atoms with van der Waals surface area (Å²) in [4.78, 5) is 47.8. The number of imide groups is 1. The van der Waals surface area contributed by atoms with E-state index >= 15 is 0 Å². The minimum Gasteiger partial charge on any atom is -0.368 e. The monoisotopic (exact) mass is 344 g/mol. The van der Waals surface area contributed by atoms with Crippen molar-refractivity contribution < 1.29 is 19.2 Å². The van der Waals surface area contributed by atoms with Crippen LogP contribution < -0.4 is 16.8 Å². The second-order valence-corrected chi connectivity index (χ2v) is 5.68. The van der Waals surface area contributed by atoms with Gasteiger partial charge < -0.3 is 16.8 Å². The van der Waals surface area contributed by atoms with Crippen LogP contribution in [0.25, 0.3) is 0 Å². The number of nitrogens with one attached hydrogen (secondary N) is 1. The van der Waals surface area contributed by atoms with Gasteiger partial charge in [-0.25, -0.2) is 0 Å². The van der Waals surface area contributed by atoms with E-state index in [1.165, 1.54) is 12.2 Å². The molecule has 1 unspecified atom stereocenters. The fraction of sp³-hybridized carbons (Fsp3) is 0.294. The minimum atomic E-state index is -1.14. The first-order chi connectivity index (χ1) is 11.9. The lowest BCUT2D eigenvalue weighted by Crippen LogP contribution is -2.51. The van der Waals surface area contributed by atoms with Gasteiger partial charge in [-0.15, -0.1) is 0 Å². The Kier molecular flexibility index (Phi) is 6.02. The Morgan fingerprint density at radius 3 is 2.24 bits per heavy atom. The fourth-order valence-corrected chi connectivity index (χ4v) is 2.52. The molecule has 0 aromatic heterocycles. The van der Waals surface area contributed by atoms with Gasteiger partial charge in [0.25, 0.3) is 11.8 Å². The van der Waals surface area contributed by atoms with Crippen molar-refractivity contribution in [3.63, 3.8) is 0 Å². The van der Waals surface area contributed by atoms with E-state index < -0.39 is 35.6 Å². The number of rotatable bonds is 8. The molecule has 4 amide bonds. The van der Waals surface area contributed by atoms with Gasteiger partial charge in [0.05, 0.1) is 12.0 Å². The normalized spacial score (nSPS) is 16.0. The molecule has 1 aromatic carbocycles. The highest BCUT2D eigenvalue weighted by atomic mass is 16.2. The zero-order chi connectivity index (χ0) is 18.4. The van der Waals surface area contributed by atoms with Crippen molar-refractivity contribution >= 4 is 23.6 Å². The van der Waals surface area contributed by atoms with Gasteiger partial charge in [-0.1, -0.05) is 30.3 Å². The zero-order valence-electron chi connectivity index (χ0n) is 13.6. The van der Waals surface area contributed by atoms with Crippen molar-refractivity contribution in [3.8, 4) is 0 Å². The highest BCUT2D eigenvalue weighted by Crippen LogP contribution is 2.12. The molecule has 1 heterocycles. The first-order valence-electron chi connectivity index (χ1n) is 7.80. The van der Waals surface area contributed by atoms with Crippen molar-refractivity contribution in [1.82, 2.24) is 10.2 Å². The van der Waals surface area contributed by atoms with Crippen molar-refractivity contribution in [2.24, 2.45) is 17.4 Å². The van der Waals surface area contributed by atoms with E-state index in [0.717, 1.165) is 10.5 Å². The van der Waals surface area contributed by atoms with E-state index in [1.54, 1.807) is 0 Å². The number of carbonyl (C=O) groups excluding carboxylic acids is 4. The fourth-order valence-electron chi connectivity index (χ4n) is 2.52. The highest BCUT2D eigenvalue weighted by molar-refractivity contribution is 6.12. The van der Waals surface area contributed by atoms with Crippen molar-refractivity contribution in [1.29, 1.82) is 0 Å². The maximum absolute atomic E-state index is 12.4.